The predicted octanol–water partition coefficient (Wildman–Crippen LogP) is 4.34. The third-order valence-electron chi connectivity index (χ3n) is 3.66. The molecule has 1 aromatic heterocycles. The lowest BCUT2D eigenvalue weighted by Crippen LogP contribution is -2.12. The zero-order valence-corrected chi connectivity index (χ0v) is 14.1. The van der Waals surface area contributed by atoms with Crippen molar-refractivity contribution < 1.29 is 9.15 Å². The normalized spacial score (nSPS) is 10.8. The average Bonchev–Trinajstić information content (AvgIpc) is 3.05. The highest BCUT2D eigenvalue weighted by atomic mass is 16.5. The SMILES string of the molecule is CCOc1cccc(-c2nc(CNCc3cccc(C)c3)co2)c1. The van der Waals surface area contributed by atoms with E-state index in [1.165, 1.54) is 11.1 Å². The molecule has 3 rings (SSSR count). The fourth-order valence-electron chi connectivity index (χ4n) is 2.56. The summed E-state index contributed by atoms with van der Waals surface area (Å²) in [6, 6.07) is 16.3. The third kappa shape index (κ3) is 4.24. The topological polar surface area (TPSA) is 47.3 Å². The van der Waals surface area contributed by atoms with Crippen molar-refractivity contribution in [3.05, 3.63) is 71.6 Å². The lowest BCUT2D eigenvalue weighted by atomic mass is 10.1. The van der Waals surface area contributed by atoms with E-state index in [4.69, 9.17) is 9.15 Å². The average molecular weight is 322 g/mol. The Bertz CT molecular complexity index is 796. The highest BCUT2D eigenvalue weighted by Crippen LogP contribution is 2.23. The van der Waals surface area contributed by atoms with Gasteiger partial charge in [0.05, 0.1) is 12.3 Å². The quantitative estimate of drug-likeness (QED) is 0.703. The van der Waals surface area contributed by atoms with Gasteiger partial charge >= 0.3 is 0 Å². The van der Waals surface area contributed by atoms with Gasteiger partial charge in [0, 0.05) is 18.7 Å². The molecule has 0 saturated carbocycles. The second-order valence-electron chi connectivity index (χ2n) is 5.70. The first-order chi connectivity index (χ1) is 11.7. The Hall–Kier alpha value is -2.59. The molecule has 0 radical (unpaired) electrons. The maximum Gasteiger partial charge on any atom is 0.226 e. The van der Waals surface area contributed by atoms with E-state index in [1.807, 2.05) is 31.2 Å². The van der Waals surface area contributed by atoms with Crippen molar-refractivity contribution in [3.63, 3.8) is 0 Å². The van der Waals surface area contributed by atoms with Crippen LogP contribution in [-0.4, -0.2) is 11.6 Å². The van der Waals surface area contributed by atoms with Crippen LogP contribution >= 0.6 is 0 Å². The molecule has 0 aliphatic carbocycles. The first-order valence-electron chi connectivity index (χ1n) is 8.18. The summed E-state index contributed by atoms with van der Waals surface area (Å²) in [5, 5.41) is 3.39. The number of nitrogens with one attached hydrogen (secondary N) is 1. The van der Waals surface area contributed by atoms with E-state index in [9.17, 15) is 0 Å². The number of aromatic nitrogens is 1. The smallest absolute Gasteiger partial charge is 0.226 e. The van der Waals surface area contributed by atoms with Gasteiger partial charge in [-0.15, -0.1) is 0 Å². The molecule has 0 unspecified atom stereocenters. The number of hydrogen-bond donors (Lipinski definition) is 1. The first-order valence-corrected chi connectivity index (χ1v) is 8.18. The molecule has 4 nitrogen and oxygen atoms in total. The van der Waals surface area contributed by atoms with E-state index in [1.54, 1.807) is 6.26 Å². The van der Waals surface area contributed by atoms with Gasteiger partial charge in [0.25, 0.3) is 0 Å². The van der Waals surface area contributed by atoms with E-state index in [0.29, 0.717) is 19.0 Å². The van der Waals surface area contributed by atoms with E-state index >= 15 is 0 Å². The van der Waals surface area contributed by atoms with Crippen LogP contribution in [0, 0.1) is 6.92 Å². The Balaban J connectivity index is 1.60. The molecule has 0 bridgehead atoms. The molecule has 0 aliphatic heterocycles. The maximum absolute atomic E-state index is 5.60. The minimum atomic E-state index is 0.615. The van der Waals surface area contributed by atoms with E-state index in [-0.39, 0.29) is 0 Å². The van der Waals surface area contributed by atoms with Crippen molar-refractivity contribution in [1.29, 1.82) is 0 Å². The number of rotatable bonds is 7. The van der Waals surface area contributed by atoms with Crippen molar-refractivity contribution in [3.8, 4) is 17.2 Å². The molecule has 4 heteroatoms. The summed E-state index contributed by atoms with van der Waals surface area (Å²) in [5.74, 6) is 1.44. The van der Waals surface area contributed by atoms with Crippen molar-refractivity contribution in [2.24, 2.45) is 0 Å². The highest BCUT2D eigenvalue weighted by molar-refractivity contribution is 5.56. The molecule has 24 heavy (non-hydrogen) atoms. The van der Waals surface area contributed by atoms with Gasteiger partial charge in [-0.3, -0.25) is 0 Å². The molecule has 0 aliphatic rings. The van der Waals surface area contributed by atoms with Crippen LogP contribution in [0.2, 0.25) is 0 Å². The Labute approximate surface area is 142 Å². The van der Waals surface area contributed by atoms with Crippen LogP contribution < -0.4 is 10.1 Å². The number of aryl methyl sites for hydroxylation is 1. The fraction of sp³-hybridized carbons (Fsp3) is 0.250. The summed E-state index contributed by atoms with van der Waals surface area (Å²) in [6.45, 7) is 6.19. The van der Waals surface area contributed by atoms with Crippen LogP contribution in [0.1, 0.15) is 23.7 Å². The van der Waals surface area contributed by atoms with Crippen LogP contribution in [0.15, 0.2) is 59.2 Å². The van der Waals surface area contributed by atoms with Crippen LogP contribution in [0.25, 0.3) is 11.5 Å². The van der Waals surface area contributed by atoms with Gasteiger partial charge in [0.2, 0.25) is 5.89 Å². The van der Waals surface area contributed by atoms with Crippen LogP contribution in [0.5, 0.6) is 5.75 Å². The van der Waals surface area contributed by atoms with E-state index < -0.39 is 0 Å². The van der Waals surface area contributed by atoms with E-state index in [0.717, 1.165) is 23.6 Å². The van der Waals surface area contributed by atoms with E-state index in [2.05, 4.69) is 41.5 Å². The molecule has 2 aromatic carbocycles. The molecule has 3 aromatic rings. The number of ether oxygens (including phenoxy) is 1. The molecule has 0 saturated heterocycles. The fourth-order valence-corrected chi connectivity index (χ4v) is 2.56. The Morgan fingerprint density at radius 2 is 1.96 bits per heavy atom. The summed E-state index contributed by atoms with van der Waals surface area (Å²) in [7, 11) is 0. The van der Waals surface area contributed by atoms with Gasteiger partial charge in [0.15, 0.2) is 0 Å². The summed E-state index contributed by atoms with van der Waals surface area (Å²) in [4.78, 5) is 4.55. The van der Waals surface area contributed by atoms with Gasteiger partial charge in [0.1, 0.15) is 12.0 Å². The van der Waals surface area contributed by atoms with Crippen molar-refractivity contribution in [2.75, 3.05) is 6.61 Å². The minimum absolute atomic E-state index is 0.615. The van der Waals surface area contributed by atoms with Crippen LogP contribution in [-0.2, 0) is 13.1 Å². The predicted molar refractivity (Wildman–Crippen MR) is 94.8 cm³/mol. The number of hydrogen-bond acceptors (Lipinski definition) is 4. The second kappa shape index (κ2) is 7.79. The zero-order valence-electron chi connectivity index (χ0n) is 14.1. The summed E-state index contributed by atoms with van der Waals surface area (Å²) in [5.41, 5.74) is 4.35. The first kappa shape index (κ1) is 16.3. The molecule has 1 heterocycles. The van der Waals surface area contributed by atoms with Crippen LogP contribution in [0.3, 0.4) is 0 Å². The second-order valence-corrected chi connectivity index (χ2v) is 5.70. The van der Waals surface area contributed by atoms with Crippen molar-refractivity contribution in [1.82, 2.24) is 10.3 Å². The number of nitrogens with zero attached hydrogens (tertiary/aromatic N) is 1. The van der Waals surface area contributed by atoms with Crippen molar-refractivity contribution in [2.45, 2.75) is 26.9 Å². The van der Waals surface area contributed by atoms with Gasteiger partial charge in [-0.2, -0.15) is 0 Å². The van der Waals surface area contributed by atoms with Gasteiger partial charge in [-0.25, -0.2) is 4.98 Å². The molecule has 0 fully saturated rings. The minimum Gasteiger partial charge on any atom is -0.494 e. The molecular formula is C20H22N2O2. The van der Waals surface area contributed by atoms with Gasteiger partial charge < -0.3 is 14.5 Å². The number of benzene rings is 2. The molecule has 124 valence electrons. The largest absolute Gasteiger partial charge is 0.494 e. The van der Waals surface area contributed by atoms with Gasteiger partial charge in [-0.05, 0) is 37.6 Å². The maximum atomic E-state index is 5.60. The number of oxazole rings is 1. The molecule has 0 atom stereocenters. The van der Waals surface area contributed by atoms with Crippen molar-refractivity contribution >= 4 is 0 Å². The monoisotopic (exact) mass is 322 g/mol. The van der Waals surface area contributed by atoms with Gasteiger partial charge in [-0.1, -0.05) is 35.9 Å². The lowest BCUT2D eigenvalue weighted by molar-refractivity contribution is 0.340. The summed E-state index contributed by atoms with van der Waals surface area (Å²) < 4.78 is 11.1. The molecule has 0 spiro atoms. The Kier molecular flexibility index (Phi) is 5.29. The Morgan fingerprint density at radius 1 is 1.08 bits per heavy atom. The zero-order chi connectivity index (χ0) is 16.8. The standard InChI is InChI=1S/C20H22N2O2/c1-3-23-19-9-5-8-17(11-19)20-22-18(14-24-20)13-21-12-16-7-4-6-15(2)10-16/h4-11,14,21H,3,12-13H2,1-2H3. The molecule has 1 N–H and O–H groups in total. The summed E-state index contributed by atoms with van der Waals surface area (Å²) in [6.07, 6.45) is 1.70. The van der Waals surface area contributed by atoms with Crippen LogP contribution in [0.4, 0.5) is 0 Å². The molecule has 0 amide bonds. The lowest BCUT2D eigenvalue weighted by Gasteiger charge is -2.04. The third-order valence-corrected chi connectivity index (χ3v) is 3.66. The Morgan fingerprint density at radius 3 is 2.79 bits per heavy atom. The summed E-state index contributed by atoms with van der Waals surface area (Å²) >= 11 is 0. The molecular weight excluding hydrogens is 300 g/mol. The highest BCUT2D eigenvalue weighted by Gasteiger charge is 2.07.